The van der Waals surface area contributed by atoms with Gasteiger partial charge in [0, 0.05) is 18.7 Å². The fourth-order valence-corrected chi connectivity index (χ4v) is 5.44. The largest absolute Gasteiger partial charge is 0.481 e. The van der Waals surface area contributed by atoms with E-state index in [0.29, 0.717) is 35.2 Å². The van der Waals surface area contributed by atoms with E-state index in [4.69, 9.17) is 0 Å². The molecule has 254 valence electrons. The quantitative estimate of drug-likeness (QED) is 0.230. The first-order chi connectivity index (χ1) is 21.1. The number of benzene rings is 2. The van der Waals surface area contributed by atoms with Gasteiger partial charge in [-0.2, -0.15) is 39.5 Å². The van der Waals surface area contributed by atoms with Crippen molar-refractivity contribution in [1.82, 2.24) is 4.90 Å². The van der Waals surface area contributed by atoms with Crippen molar-refractivity contribution in [3.8, 4) is 11.1 Å². The topological polar surface area (TPSA) is 40.5 Å². The molecule has 0 bridgehead atoms. The Labute approximate surface area is 262 Å². The van der Waals surface area contributed by atoms with Gasteiger partial charge < -0.3 is 5.11 Å². The molecule has 0 saturated carbocycles. The lowest BCUT2D eigenvalue weighted by Crippen LogP contribution is -2.31. The van der Waals surface area contributed by atoms with Gasteiger partial charge in [0.1, 0.15) is 0 Å². The lowest BCUT2D eigenvalue weighted by molar-refractivity contribution is -0.166. The first-order valence-electron chi connectivity index (χ1n) is 14.9. The Kier molecular flexibility index (Phi) is 11.8. The molecule has 1 aliphatic rings. The first-order valence-corrected chi connectivity index (χ1v) is 14.9. The van der Waals surface area contributed by atoms with E-state index in [0.717, 1.165) is 24.3 Å². The van der Waals surface area contributed by atoms with Crippen molar-refractivity contribution in [2.75, 3.05) is 13.1 Å². The molecule has 0 aromatic heterocycles. The highest BCUT2D eigenvalue weighted by Crippen LogP contribution is 2.42. The average molecular weight is 664 g/mol. The molecule has 0 fully saturated rings. The Bertz CT molecular complexity index is 1400. The third-order valence-corrected chi connectivity index (χ3v) is 7.80. The average Bonchev–Trinajstić information content (AvgIpc) is 2.92. The van der Waals surface area contributed by atoms with Crippen molar-refractivity contribution >= 4 is 5.97 Å². The molecule has 46 heavy (non-hydrogen) atoms. The molecule has 3 rings (SSSR count). The summed E-state index contributed by atoms with van der Waals surface area (Å²) in [4.78, 5) is 14.0. The van der Waals surface area contributed by atoms with Gasteiger partial charge in [-0.1, -0.05) is 58.0 Å². The summed E-state index contributed by atoms with van der Waals surface area (Å²) < 4.78 is 121. The molecule has 3 nitrogen and oxygen atoms in total. The number of nitrogens with zero attached hydrogens (tertiary/aromatic N) is 1. The van der Waals surface area contributed by atoms with Crippen LogP contribution >= 0.6 is 0 Å². The molecule has 0 saturated heterocycles. The summed E-state index contributed by atoms with van der Waals surface area (Å²) in [5, 5.41) is 10.0. The van der Waals surface area contributed by atoms with Crippen LogP contribution in [0.4, 0.5) is 39.5 Å². The number of hydrogen-bond donors (Lipinski definition) is 1. The van der Waals surface area contributed by atoms with E-state index >= 15 is 0 Å². The Balaban J connectivity index is 2.09. The summed E-state index contributed by atoms with van der Waals surface area (Å²) in [6.07, 6.45) is -13.1. The summed E-state index contributed by atoms with van der Waals surface area (Å²) >= 11 is 0. The Morgan fingerprint density at radius 1 is 0.848 bits per heavy atom. The maximum absolute atomic E-state index is 13.6. The van der Waals surface area contributed by atoms with Crippen LogP contribution in [0.25, 0.3) is 11.1 Å². The van der Waals surface area contributed by atoms with Crippen LogP contribution in [0.2, 0.25) is 0 Å². The van der Waals surface area contributed by atoms with Gasteiger partial charge in [0.25, 0.3) is 0 Å². The molecular formula is C34H38F9NO2. The maximum Gasteiger partial charge on any atom is 0.416 e. The third kappa shape index (κ3) is 10.6. The van der Waals surface area contributed by atoms with Gasteiger partial charge in [0.05, 0.1) is 17.4 Å². The summed E-state index contributed by atoms with van der Waals surface area (Å²) in [5.41, 5.74) is -0.513. The van der Waals surface area contributed by atoms with Crippen LogP contribution in [-0.4, -0.2) is 41.4 Å². The molecule has 12 heteroatoms. The van der Waals surface area contributed by atoms with Crippen LogP contribution in [0.1, 0.15) is 69.6 Å². The predicted octanol–water partition coefficient (Wildman–Crippen LogP) is 10.4. The van der Waals surface area contributed by atoms with Gasteiger partial charge >= 0.3 is 24.5 Å². The number of halogens is 9. The Morgan fingerprint density at radius 3 is 1.98 bits per heavy atom. The third-order valence-electron chi connectivity index (χ3n) is 7.80. The van der Waals surface area contributed by atoms with Crippen molar-refractivity contribution in [3.63, 3.8) is 0 Å². The standard InChI is InChI=1S/C34H38F9NO2/c1-20(2)9-10-44(19-23-14-28(33(38,39)40)17-29(15-23)34(41,42)43)18-22-12-25(24-5-7-27(8-6-24)32(35,36)37)16-26(13-22)30(31(45)46)11-21(3)4/h5-8,12-16,20-21,28,30H,9-11,17-19H2,1-4H3,(H,45,46). The molecule has 1 N–H and O–H groups in total. The molecule has 1 aliphatic carbocycles. The minimum absolute atomic E-state index is 0.0174. The normalized spacial score (nSPS) is 17.0. The van der Waals surface area contributed by atoms with E-state index in [1.165, 1.54) is 12.1 Å². The second-order valence-electron chi connectivity index (χ2n) is 12.7. The van der Waals surface area contributed by atoms with Gasteiger partial charge in [-0.3, -0.25) is 9.69 Å². The van der Waals surface area contributed by atoms with E-state index < -0.39 is 53.9 Å². The van der Waals surface area contributed by atoms with E-state index in [1.54, 1.807) is 23.1 Å². The van der Waals surface area contributed by atoms with Gasteiger partial charge in [-0.05, 0) is 89.7 Å². The zero-order valence-corrected chi connectivity index (χ0v) is 26.0. The molecule has 2 aromatic rings. The summed E-state index contributed by atoms with van der Waals surface area (Å²) in [5.74, 6) is -4.21. The summed E-state index contributed by atoms with van der Waals surface area (Å²) in [7, 11) is 0. The van der Waals surface area contributed by atoms with Gasteiger partial charge in [-0.25, -0.2) is 0 Å². The van der Waals surface area contributed by atoms with Crippen LogP contribution < -0.4 is 0 Å². The van der Waals surface area contributed by atoms with Crippen LogP contribution in [0.5, 0.6) is 0 Å². The van der Waals surface area contributed by atoms with E-state index in [1.807, 2.05) is 27.7 Å². The van der Waals surface area contributed by atoms with Crippen molar-refractivity contribution in [2.24, 2.45) is 17.8 Å². The monoisotopic (exact) mass is 663 g/mol. The SMILES string of the molecule is CC(C)CCN(CC1=CC(C(F)(F)F)CC(C(F)(F)F)=C1)Cc1cc(-c2ccc(C(F)(F)F)cc2)cc(C(CC(C)C)C(=O)O)c1. The molecule has 0 amide bonds. The highest BCUT2D eigenvalue weighted by atomic mass is 19.4. The lowest BCUT2D eigenvalue weighted by Gasteiger charge is -2.29. The minimum atomic E-state index is -4.93. The Morgan fingerprint density at radius 2 is 1.48 bits per heavy atom. The number of allylic oxidation sites excluding steroid dienone is 2. The fraction of sp³-hybridized carbons (Fsp3) is 0.500. The lowest BCUT2D eigenvalue weighted by atomic mass is 9.87. The molecule has 0 aliphatic heterocycles. The van der Waals surface area contributed by atoms with Crippen LogP contribution in [-0.2, 0) is 17.5 Å². The predicted molar refractivity (Wildman–Crippen MR) is 158 cm³/mol. The smallest absolute Gasteiger partial charge is 0.416 e. The van der Waals surface area contributed by atoms with Crippen molar-refractivity contribution in [3.05, 3.63) is 82.5 Å². The van der Waals surface area contributed by atoms with Gasteiger partial charge in [0.15, 0.2) is 0 Å². The molecular weight excluding hydrogens is 625 g/mol. The molecule has 0 radical (unpaired) electrons. The van der Waals surface area contributed by atoms with Crippen molar-refractivity contribution in [2.45, 2.75) is 77.9 Å². The summed E-state index contributed by atoms with van der Waals surface area (Å²) in [6.45, 7) is 7.67. The van der Waals surface area contributed by atoms with Crippen molar-refractivity contribution < 1.29 is 49.4 Å². The van der Waals surface area contributed by atoms with Crippen LogP contribution in [0.3, 0.4) is 0 Å². The zero-order valence-electron chi connectivity index (χ0n) is 26.0. The van der Waals surface area contributed by atoms with Crippen molar-refractivity contribution in [1.29, 1.82) is 0 Å². The zero-order chi connectivity index (χ0) is 34.6. The van der Waals surface area contributed by atoms with Gasteiger partial charge in [0.2, 0.25) is 0 Å². The molecule has 2 atom stereocenters. The van der Waals surface area contributed by atoms with E-state index in [9.17, 15) is 49.4 Å². The number of rotatable bonds is 12. The molecule has 0 spiro atoms. The number of hydrogen-bond acceptors (Lipinski definition) is 2. The van der Waals surface area contributed by atoms with E-state index in [2.05, 4.69) is 0 Å². The van der Waals surface area contributed by atoms with Gasteiger partial charge in [-0.15, -0.1) is 0 Å². The fourth-order valence-electron chi connectivity index (χ4n) is 5.44. The maximum atomic E-state index is 13.6. The molecule has 2 unspecified atom stereocenters. The first kappa shape index (κ1) is 37.2. The number of carboxylic acid groups (broad SMARTS) is 1. The second-order valence-corrected chi connectivity index (χ2v) is 12.7. The molecule has 0 heterocycles. The highest BCUT2D eigenvalue weighted by Gasteiger charge is 2.45. The number of aliphatic carboxylic acids is 1. The number of carbonyl (C=O) groups is 1. The highest BCUT2D eigenvalue weighted by molar-refractivity contribution is 5.77. The van der Waals surface area contributed by atoms with E-state index in [-0.39, 0.29) is 36.9 Å². The summed E-state index contributed by atoms with van der Waals surface area (Å²) in [6, 6.07) is 9.27. The number of alkyl halides is 9. The van der Waals surface area contributed by atoms with Crippen LogP contribution in [0.15, 0.2) is 65.8 Å². The second kappa shape index (κ2) is 14.6. The number of carboxylic acids is 1. The Hall–Kier alpha value is -3.28. The van der Waals surface area contributed by atoms with Crippen LogP contribution in [0, 0.1) is 17.8 Å². The minimum Gasteiger partial charge on any atom is -0.481 e. The molecule has 2 aromatic carbocycles.